The van der Waals surface area contributed by atoms with E-state index in [1.807, 2.05) is 18.7 Å². The molecule has 0 saturated carbocycles. The van der Waals surface area contributed by atoms with E-state index in [0.29, 0.717) is 24.3 Å². The summed E-state index contributed by atoms with van der Waals surface area (Å²) in [6.45, 7) is 8.30. The van der Waals surface area contributed by atoms with E-state index in [1.54, 1.807) is 4.90 Å². The summed E-state index contributed by atoms with van der Waals surface area (Å²) < 4.78 is 30.0. The van der Waals surface area contributed by atoms with Crippen molar-refractivity contribution < 1.29 is 18.7 Å². The van der Waals surface area contributed by atoms with Crippen molar-refractivity contribution in [3.05, 3.63) is 59.9 Å². The van der Waals surface area contributed by atoms with Crippen molar-refractivity contribution >= 4 is 34.2 Å². The van der Waals surface area contributed by atoms with E-state index in [1.165, 1.54) is 30.6 Å². The van der Waals surface area contributed by atoms with Gasteiger partial charge in [0.25, 0.3) is 0 Å². The molecule has 166 valence electrons. The second kappa shape index (κ2) is 8.35. The van der Waals surface area contributed by atoms with Crippen molar-refractivity contribution in [1.29, 1.82) is 0 Å². The zero-order chi connectivity index (χ0) is 23.2. The quantitative estimate of drug-likeness (QED) is 0.583. The molecule has 0 radical (unpaired) electrons. The van der Waals surface area contributed by atoms with Crippen LogP contribution in [0.4, 0.5) is 14.6 Å². The van der Waals surface area contributed by atoms with Gasteiger partial charge >= 0.3 is 0 Å². The third kappa shape index (κ3) is 3.54. The van der Waals surface area contributed by atoms with E-state index in [9.17, 15) is 14.3 Å². The predicted octanol–water partition coefficient (Wildman–Crippen LogP) is 4.55. The number of halogens is 3. The molecule has 0 aliphatic carbocycles. The number of nitrogens with zero attached hydrogens (tertiary/aromatic N) is 4. The maximum atomic E-state index is 15.6. The zero-order valence-corrected chi connectivity index (χ0v) is 18.3. The molecule has 1 aromatic heterocycles. The fourth-order valence-corrected chi connectivity index (χ4v) is 4.47. The second-order valence-electron chi connectivity index (χ2n) is 7.82. The molecule has 3 aromatic rings. The molecule has 1 amide bonds. The molecule has 2 aromatic carbocycles. The summed E-state index contributed by atoms with van der Waals surface area (Å²) in [4.78, 5) is 24.3. The van der Waals surface area contributed by atoms with Gasteiger partial charge in [0.1, 0.15) is 29.2 Å². The van der Waals surface area contributed by atoms with Crippen molar-refractivity contribution in [2.75, 3.05) is 18.0 Å². The second-order valence-corrected chi connectivity index (χ2v) is 8.23. The van der Waals surface area contributed by atoms with Crippen LogP contribution in [0.2, 0.25) is 5.02 Å². The summed E-state index contributed by atoms with van der Waals surface area (Å²) in [5, 5.41) is 10.4. The Kier molecular flexibility index (Phi) is 5.73. The predicted molar refractivity (Wildman–Crippen MR) is 120 cm³/mol. The smallest absolute Gasteiger partial charge is 0.246 e. The van der Waals surface area contributed by atoms with Gasteiger partial charge in [-0.25, -0.2) is 18.7 Å². The van der Waals surface area contributed by atoms with E-state index in [0.717, 1.165) is 6.07 Å². The van der Waals surface area contributed by atoms with E-state index < -0.39 is 17.4 Å². The summed E-state index contributed by atoms with van der Waals surface area (Å²) in [6, 6.07) is 4.93. The molecular weight excluding hydrogens is 438 g/mol. The Morgan fingerprint density at radius 3 is 2.66 bits per heavy atom. The minimum Gasteiger partial charge on any atom is -0.507 e. The first-order chi connectivity index (χ1) is 15.2. The molecule has 0 spiro atoms. The van der Waals surface area contributed by atoms with Crippen LogP contribution in [0, 0.1) is 11.6 Å². The lowest BCUT2D eigenvalue weighted by Gasteiger charge is -2.44. The molecule has 6 nitrogen and oxygen atoms in total. The summed E-state index contributed by atoms with van der Waals surface area (Å²) in [6.07, 6.45) is 2.52. The van der Waals surface area contributed by atoms with Gasteiger partial charge in [0.15, 0.2) is 5.82 Å². The molecule has 1 aliphatic rings. The molecule has 9 heteroatoms. The van der Waals surface area contributed by atoms with Crippen LogP contribution in [-0.2, 0) is 4.79 Å². The van der Waals surface area contributed by atoms with Gasteiger partial charge in [-0.05, 0) is 38.1 Å². The average molecular weight is 459 g/mol. The monoisotopic (exact) mass is 458 g/mol. The maximum absolute atomic E-state index is 15.6. The molecule has 1 aliphatic heterocycles. The van der Waals surface area contributed by atoms with Gasteiger partial charge in [0.2, 0.25) is 5.91 Å². The Hall–Kier alpha value is -3.26. The Labute approximate surface area is 188 Å². The summed E-state index contributed by atoms with van der Waals surface area (Å²) >= 11 is 6.39. The molecule has 0 bridgehead atoms. The fraction of sp³-hybridized carbons (Fsp3) is 0.261. The van der Waals surface area contributed by atoms with Gasteiger partial charge < -0.3 is 14.9 Å². The third-order valence-corrected chi connectivity index (χ3v) is 6.06. The SMILES string of the molecule is C=CC(=O)N1C[C@H](C)N(c2ncnc3c(F)c(-c4c(O)cccc4F)c(Cl)cc23)C[C@H]1C. The van der Waals surface area contributed by atoms with E-state index in [-0.39, 0.29) is 39.7 Å². The number of aromatic nitrogens is 2. The van der Waals surface area contributed by atoms with Gasteiger partial charge in [-0.3, -0.25) is 4.79 Å². The Balaban J connectivity index is 1.84. The number of carbonyl (C=O) groups excluding carboxylic acids is 1. The summed E-state index contributed by atoms with van der Waals surface area (Å²) in [5.41, 5.74) is -0.626. The molecule has 1 saturated heterocycles. The largest absolute Gasteiger partial charge is 0.507 e. The number of fused-ring (bicyclic) bond motifs is 1. The molecule has 1 fully saturated rings. The number of hydrogen-bond donors (Lipinski definition) is 1. The van der Waals surface area contributed by atoms with Crippen molar-refractivity contribution in [2.24, 2.45) is 0 Å². The van der Waals surface area contributed by atoms with Gasteiger partial charge in [0, 0.05) is 36.1 Å². The lowest BCUT2D eigenvalue weighted by Crippen LogP contribution is -2.58. The van der Waals surface area contributed by atoms with Gasteiger partial charge in [0.05, 0.1) is 10.6 Å². The number of piperazine rings is 1. The number of hydrogen-bond acceptors (Lipinski definition) is 5. The number of phenolic OH excluding ortho intramolecular Hbond substituents is 1. The fourth-order valence-electron chi connectivity index (χ4n) is 4.18. The van der Waals surface area contributed by atoms with Crippen LogP contribution in [-0.4, -0.2) is 51.1 Å². The molecule has 1 N–H and O–H groups in total. The van der Waals surface area contributed by atoms with Gasteiger partial charge in [-0.15, -0.1) is 0 Å². The zero-order valence-electron chi connectivity index (χ0n) is 17.5. The van der Waals surface area contributed by atoms with Crippen molar-refractivity contribution in [2.45, 2.75) is 25.9 Å². The standard InChI is InChI=1S/C23H21ClF2N4O2/c1-4-18(32)29-9-13(3)30(10-12(29)2)23-14-8-15(24)19(21(26)22(14)27-11-28-23)20-16(25)6-5-7-17(20)31/h4-8,11-13,31H,1,9-10H2,2-3H3/t12-,13+/m1/s1. The number of phenols is 1. The van der Waals surface area contributed by atoms with Crippen LogP contribution in [0.3, 0.4) is 0 Å². The first-order valence-electron chi connectivity index (χ1n) is 10.0. The van der Waals surface area contributed by atoms with Crippen LogP contribution >= 0.6 is 11.6 Å². The normalized spacial score (nSPS) is 18.8. The van der Waals surface area contributed by atoms with E-state index >= 15 is 4.39 Å². The lowest BCUT2D eigenvalue weighted by atomic mass is 10.0. The van der Waals surface area contributed by atoms with Crippen LogP contribution < -0.4 is 4.90 Å². The highest BCUT2D eigenvalue weighted by Gasteiger charge is 2.33. The van der Waals surface area contributed by atoms with Crippen molar-refractivity contribution in [3.8, 4) is 16.9 Å². The highest BCUT2D eigenvalue weighted by Crippen LogP contribution is 2.42. The molecule has 4 rings (SSSR count). The summed E-state index contributed by atoms with van der Waals surface area (Å²) in [5.74, 6) is -1.77. The number of aromatic hydroxyl groups is 1. The molecular formula is C23H21ClF2N4O2. The number of carbonyl (C=O) groups is 1. The van der Waals surface area contributed by atoms with Crippen LogP contribution in [0.5, 0.6) is 5.75 Å². The number of amides is 1. The lowest BCUT2D eigenvalue weighted by molar-refractivity contribution is -0.128. The van der Waals surface area contributed by atoms with Crippen molar-refractivity contribution in [1.82, 2.24) is 14.9 Å². The van der Waals surface area contributed by atoms with Crippen LogP contribution in [0.25, 0.3) is 22.0 Å². The number of benzene rings is 2. The highest BCUT2D eigenvalue weighted by atomic mass is 35.5. The first-order valence-corrected chi connectivity index (χ1v) is 10.4. The molecule has 2 heterocycles. The van der Waals surface area contributed by atoms with E-state index in [2.05, 4.69) is 16.5 Å². The maximum Gasteiger partial charge on any atom is 0.246 e. The van der Waals surface area contributed by atoms with Gasteiger partial charge in [-0.1, -0.05) is 24.2 Å². The molecule has 0 unspecified atom stereocenters. The van der Waals surface area contributed by atoms with Crippen LogP contribution in [0.1, 0.15) is 13.8 Å². The minimum atomic E-state index is -0.849. The minimum absolute atomic E-state index is 0.0403. The Morgan fingerprint density at radius 1 is 1.22 bits per heavy atom. The number of rotatable bonds is 3. The van der Waals surface area contributed by atoms with E-state index in [4.69, 9.17) is 11.6 Å². The summed E-state index contributed by atoms with van der Waals surface area (Å²) in [7, 11) is 0. The molecule has 32 heavy (non-hydrogen) atoms. The van der Waals surface area contributed by atoms with Crippen molar-refractivity contribution in [3.63, 3.8) is 0 Å². The van der Waals surface area contributed by atoms with Gasteiger partial charge in [-0.2, -0.15) is 0 Å². The first kappa shape index (κ1) is 22.0. The Bertz CT molecular complexity index is 1220. The van der Waals surface area contributed by atoms with Crippen LogP contribution in [0.15, 0.2) is 43.2 Å². The molecule has 2 atom stereocenters. The topological polar surface area (TPSA) is 69.6 Å². The number of anilines is 1. The Morgan fingerprint density at radius 2 is 1.97 bits per heavy atom. The third-order valence-electron chi connectivity index (χ3n) is 5.76. The highest BCUT2D eigenvalue weighted by molar-refractivity contribution is 6.34. The average Bonchev–Trinajstić information content (AvgIpc) is 2.76.